The fourth-order valence-corrected chi connectivity index (χ4v) is 1.73. The van der Waals surface area contributed by atoms with Gasteiger partial charge in [-0.25, -0.2) is 0 Å². The number of hydrogen-bond acceptors (Lipinski definition) is 4. The molecule has 1 aliphatic heterocycles. The topological polar surface area (TPSA) is 75.3 Å². The number of halogens is 3. The van der Waals surface area contributed by atoms with Crippen molar-refractivity contribution in [3.05, 3.63) is 0 Å². The summed E-state index contributed by atoms with van der Waals surface area (Å²) in [6.07, 6.45) is -4.28. The molecule has 18 heavy (non-hydrogen) atoms. The number of carbonyl (C=O) groups excluding carboxylic acids is 3. The van der Waals surface area contributed by atoms with Crippen LogP contribution in [0.1, 0.15) is 6.42 Å². The summed E-state index contributed by atoms with van der Waals surface area (Å²) in [4.78, 5) is 32.6. The molecule has 0 bridgehead atoms. The van der Waals surface area contributed by atoms with Crippen molar-refractivity contribution in [3.63, 3.8) is 0 Å². The minimum absolute atomic E-state index is 0.0210. The predicted octanol–water partition coefficient (Wildman–Crippen LogP) is -0.341. The summed E-state index contributed by atoms with van der Waals surface area (Å²) in [5.74, 6) is -3.49. The van der Waals surface area contributed by atoms with Crippen LogP contribution in [-0.2, 0) is 14.4 Å². The Labute approximate surface area is 101 Å². The largest absolute Gasteiger partial charge is 0.471 e. The lowest BCUT2D eigenvalue weighted by atomic mass is 9.94. The average Bonchev–Trinajstić information content (AvgIpc) is 2.46. The molecule has 2 unspecified atom stereocenters. The molecule has 5 nitrogen and oxygen atoms in total. The van der Waals surface area contributed by atoms with Crippen LogP contribution in [0.5, 0.6) is 0 Å². The van der Waals surface area contributed by atoms with Gasteiger partial charge in [0.25, 0.3) is 0 Å². The van der Waals surface area contributed by atoms with E-state index in [1.807, 2.05) is 0 Å². The van der Waals surface area contributed by atoms with Crippen LogP contribution in [0.15, 0.2) is 0 Å². The zero-order valence-corrected chi connectivity index (χ0v) is 9.42. The minimum Gasteiger partial charge on any atom is -0.348 e. The van der Waals surface area contributed by atoms with Gasteiger partial charge in [0.15, 0.2) is 5.78 Å². The minimum atomic E-state index is -4.92. The van der Waals surface area contributed by atoms with E-state index >= 15 is 0 Å². The van der Waals surface area contributed by atoms with Gasteiger partial charge in [-0.05, 0) is 12.3 Å². The Balaban J connectivity index is 2.49. The number of aldehydes is 1. The summed E-state index contributed by atoms with van der Waals surface area (Å²) < 4.78 is 35.9. The van der Waals surface area contributed by atoms with Gasteiger partial charge in [-0.15, -0.1) is 0 Å². The van der Waals surface area contributed by atoms with Crippen molar-refractivity contribution in [1.29, 1.82) is 0 Å². The molecule has 8 heteroatoms. The van der Waals surface area contributed by atoms with Gasteiger partial charge in [-0.3, -0.25) is 9.59 Å². The Kier molecular flexibility index (Phi) is 4.83. The van der Waals surface area contributed by atoms with E-state index < -0.39 is 18.0 Å². The number of nitrogens with one attached hydrogen (secondary N) is 2. The van der Waals surface area contributed by atoms with E-state index in [0.29, 0.717) is 6.29 Å². The van der Waals surface area contributed by atoms with Crippen LogP contribution >= 0.6 is 0 Å². The summed E-state index contributed by atoms with van der Waals surface area (Å²) in [6.45, 7) is 0.0876. The number of ketones is 1. The number of hydrogen-bond donors (Lipinski definition) is 2. The van der Waals surface area contributed by atoms with Crippen LogP contribution in [-0.4, -0.2) is 43.8 Å². The van der Waals surface area contributed by atoms with Crippen LogP contribution in [0.4, 0.5) is 13.2 Å². The average molecular weight is 266 g/mol. The van der Waals surface area contributed by atoms with Gasteiger partial charge in [0.05, 0.1) is 12.5 Å². The normalized spacial score (nSPS) is 25.4. The van der Waals surface area contributed by atoms with E-state index in [1.54, 1.807) is 5.32 Å². The van der Waals surface area contributed by atoms with Crippen molar-refractivity contribution in [2.24, 2.45) is 11.8 Å². The molecule has 1 saturated heterocycles. The molecule has 2 N–H and O–H groups in total. The first-order chi connectivity index (χ1) is 8.34. The number of amides is 1. The zero-order chi connectivity index (χ0) is 13.8. The zero-order valence-electron chi connectivity index (χ0n) is 9.42. The summed E-state index contributed by atoms with van der Waals surface area (Å²) in [5.41, 5.74) is 0. The van der Waals surface area contributed by atoms with E-state index in [4.69, 9.17) is 0 Å². The highest BCUT2D eigenvalue weighted by Gasteiger charge is 2.38. The summed E-state index contributed by atoms with van der Waals surface area (Å²) in [5, 5.41) is 4.48. The lowest BCUT2D eigenvalue weighted by Gasteiger charge is -2.16. The first-order valence-electron chi connectivity index (χ1n) is 5.38. The number of carbonyl (C=O) groups is 3. The molecule has 2 atom stereocenters. The lowest BCUT2D eigenvalue weighted by molar-refractivity contribution is -0.173. The maximum absolute atomic E-state index is 12.0. The van der Waals surface area contributed by atoms with Crippen LogP contribution in [0.25, 0.3) is 0 Å². The van der Waals surface area contributed by atoms with Crippen molar-refractivity contribution in [1.82, 2.24) is 10.6 Å². The molecule has 0 aliphatic carbocycles. The van der Waals surface area contributed by atoms with E-state index in [-0.39, 0.29) is 37.8 Å². The molecule has 0 aromatic heterocycles. The van der Waals surface area contributed by atoms with Gasteiger partial charge < -0.3 is 15.4 Å². The molecule has 0 aromatic rings. The number of alkyl halides is 3. The molecule has 0 spiro atoms. The van der Waals surface area contributed by atoms with Crippen molar-refractivity contribution in [3.8, 4) is 0 Å². The first-order valence-corrected chi connectivity index (χ1v) is 5.38. The molecule has 1 amide bonds. The number of rotatable bonds is 3. The molecule has 0 saturated carbocycles. The molecule has 0 radical (unpaired) electrons. The van der Waals surface area contributed by atoms with Gasteiger partial charge >= 0.3 is 12.1 Å². The van der Waals surface area contributed by atoms with Crippen molar-refractivity contribution >= 4 is 18.0 Å². The molecule has 1 rings (SSSR count). The Hall–Kier alpha value is -1.44. The quantitative estimate of drug-likeness (QED) is 0.541. The summed E-state index contributed by atoms with van der Waals surface area (Å²) in [6, 6.07) is 0. The Bertz CT molecular complexity index is 344. The first kappa shape index (κ1) is 14.6. The highest BCUT2D eigenvalue weighted by Crippen LogP contribution is 2.16. The molecular formula is C10H13F3N2O3. The van der Waals surface area contributed by atoms with E-state index in [0.717, 1.165) is 0 Å². The smallest absolute Gasteiger partial charge is 0.348 e. The maximum Gasteiger partial charge on any atom is 0.471 e. The van der Waals surface area contributed by atoms with Crippen LogP contribution in [0.2, 0.25) is 0 Å². The van der Waals surface area contributed by atoms with Gasteiger partial charge in [0.1, 0.15) is 6.29 Å². The van der Waals surface area contributed by atoms with Gasteiger partial charge in [0, 0.05) is 13.1 Å². The Morgan fingerprint density at radius 3 is 2.72 bits per heavy atom. The van der Waals surface area contributed by atoms with Crippen molar-refractivity contribution < 1.29 is 27.6 Å². The van der Waals surface area contributed by atoms with Gasteiger partial charge in [0.2, 0.25) is 0 Å². The van der Waals surface area contributed by atoms with Crippen molar-refractivity contribution in [2.45, 2.75) is 12.6 Å². The van der Waals surface area contributed by atoms with Gasteiger partial charge in [-0.1, -0.05) is 0 Å². The maximum atomic E-state index is 12.0. The molecular weight excluding hydrogens is 253 g/mol. The molecule has 1 aliphatic rings. The summed E-state index contributed by atoms with van der Waals surface area (Å²) >= 11 is 0. The standard InChI is InChI=1S/C10H13F3N2O3/c11-10(12,13)9(18)15-3-6-1-7(5-16)8(17)4-14-2-6/h5-7,14H,1-4H2,(H,15,18). The Morgan fingerprint density at radius 2 is 2.17 bits per heavy atom. The SMILES string of the molecule is O=CC1CC(CNC(=O)C(F)(F)F)CNCC1=O. The number of Topliss-reactive ketones (excluding diaryl/α,β-unsaturated/α-hetero) is 1. The second kappa shape index (κ2) is 5.94. The van der Waals surface area contributed by atoms with E-state index in [1.165, 1.54) is 0 Å². The lowest BCUT2D eigenvalue weighted by Crippen LogP contribution is -2.41. The second-order valence-electron chi connectivity index (χ2n) is 4.15. The summed E-state index contributed by atoms with van der Waals surface area (Å²) in [7, 11) is 0. The predicted molar refractivity (Wildman–Crippen MR) is 54.6 cm³/mol. The highest BCUT2D eigenvalue weighted by molar-refractivity contribution is 5.94. The fraction of sp³-hybridized carbons (Fsp3) is 0.700. The molecule has 0 aromatic carbocycles. The van der Waals surface area contributed by atoms with E-state index in [2.05, 4.69) is 5.32 Å². The van der Waals surface area contributed by atoms with Gasteiger partial charge in [-0.2, -0.15) is 13.2 Å². The fourth-order valence-electron chi connectivity index (χ4n) is 1.73. The molecule has 1 heterocycles. The van der Waals surface area contributed by atoms with Crippen molar-refractivity contribution in [2.75, 3.05) is 19.6 Å². The monoisotopic (exact) mass is 266 g/mol. The van der Waals surface area contributed by atoms with Crippen LogP contribution < -0.4 is 10.6 Å². The third-order valence-electron chi connectivity index (χ3n) is 2.71. The highest BCUT2D eigenvalue weighted by atomic mass is 19.4. The Morgan fingerprint density at radius 1 is 1.50 bits per heavy atom. The van der Waals surface area contributed by atoms with Crippen LogP contribution in [0.3, 0.4) is 0 Å². The molecule has 1 fully saturated rings. The second-order valence-corrected chi connectivity index (χ2v) is 4.15. The third kappa shape index (κ3) is 4.10. The third-order valence-corrected chi connectivity index (χ3v) is 2.71. The van der Waals surface area contributed by atoms with Crippen LogP contribution in [0, 0.1) is 11.8 Å². The molecule has 102 valence electrons. The van der Waals surface area contributed by atoms with E-state index in [9.17, 15) is 27.6 Å².